The Morgan fingerprint density at radius 3 is 2.74 bits per heavy atom. The lowest BCUT2D eigenvalue weighted by atomic mass is 10.1. The van der Waals surface area contributed by atoms with E-state index in [2.05, 4.69) is 24.8 Å². The molecule has 1 unspecified atom stereocenters. The number of hydrogen-bond donors (Lipinski definition) is 0. The van der Waals surface area contributed by atoms with Crippen molar-refractivity contribution >= 4 is 17.2 Å². The van der Waals surface area contributed by atoms with Gasteiger partial charge in [-0.3, -0.25) is 9.69 Å². The van der Waals surface area contributed by atoms with Crippen molar-refractivity contribution in [2.24, 2.45) is 0 Å². The van der Waals surface area contributed by atoms with Gasteiger partial charge in [-0.2, -0.15) is 0 Å². The van der Waals surface area contributed by atoms with E-state index in [0.717, 1.165) is 65.1 Å². The number of hydrogen-bond acceptors (Lipinski definition) is 5. The Hall–Kier alpha value is -1.92. The highest BCUT2D eigenvalue weighted by Crippen LogP contribution is 2.36. The zero-order valence-corrected chi connectivity index (χ0v) is 17.7. The first-order valence-corrected chi connectivity index (χ1v) is 10.5. The van der Waals surface area contributed by atoms with E-state index in [9.17, 15) is 4.79 Å². The number of aryl methyl sites for hydroxylation is 2. The molecule has 1 amide bonds. The lowest BCUT2D eigenvalue weighted by Crippen LogP contribution is -2.38. The van der Waals surface area contributed by atoms with Crippen LogP contribution in [0.5, 0.6) is 5.75 Å². The zero-order valence-electron chi connectivity index (χ0n) is 16.9. The van der Waals surface area contributed by atoms with Gasteiger partial charge >= 0.3 is 0 Å². The van der Waals surface area contributed by atoms with Crippen LogP contribution in [0, 0.1) is 13.8 Å². The molecule has 1 saturated heterocycles. The quantitative estimate of drug-likeness (QED) is 0.752. The van der Waals surface area contributed by atoms with Crippen LogP contribution in [0.3, 0.4) is 0 Å². The van der Waals surface area contributed by atoms with Gasteiger partial charge in [0.2, 0.25) is 0 Å². The van der Waals surface area contributed by atoms with E-state index in [1.165, 1.54) is 11.3 Å². The summed E-state index contributed by atoms with van der Waals surface area (Å²) in [4.78, 5) is 23.0. The minimum Gasteiger partial charge on any atom is -0.496 e. The summed E-state index contributed by atoms with van der Waals surface area (Å²) in [5, 5.41) is 0.843. The molecule has 27 heavy (non-hydrogen) atoms. The standard InChI is InChI=1S/C21H29N3O2S/c1-6-23(7-2)16-10-11-24(13-16)21(25)19-15(4)22-20(27-19)17-12-14(3)8-9-18(17)26-5/h8-9,12,16H,6-7,10-11,13H2,1-5H3. The fourth-order valence-corrected chi connectivity index (χ4v) is 4.86. The highest BCUT2D eigenvalue weighted by Gasteiger charge is 2.31. The van der Waals surface area contributed by atoms with Gasteiger partial charge in [0.1, 0.15) is 15.6 Å². The minimum absolute atomic E-state index is 0.109. The monoisotopic (exact) mass is 387 g/mol. The second kappa shape index (κ2) is 8.40. The molecule has 1 aromatic heterocycles. The molecule has 1 aromatic carbocycles. The summed E-state index contributed by atoms with van der Waals surface area (Å²) in [7, 11) is 1.66. The van der Waals surface area contributed by atoms with Gasteiger partial charge in [0.05, 0.1) is 18.4 Å². The maximum absolute atomic E-state index is 13.1. The molecular weight excluding hydrogens is 358 g/mol. The summed E-state index contributed by atoms with van der Waals surface area (Å²) in [6.45, 7) is 12.0. The molecule has 0 N–H and O–H groups in total. The summed E-state index contributed by atoms with van der Waals surface area (Å²) in [6, 6.07) is 6.51. The predicted molar refractivity (Wildman–Crippen MR) is 111 cm³/mol. The largest absolute Gasteiger partial charge is 0.496 e. The van der Waals surface area contributed by atoms with Crippen molar-refractivity contribution in [3.05, 3.63) is 34.3 Å². The number of rotatable bonds is 6. The Kier molecular flexibility index (Phi) is 6.17. The van der Waals surface area contributed by atoms with E-state index in [1.807, 2.05) is 30.9 Å². The van der Waals surface area contributed by atoms with Crippen LogP contribution in [0.2, 0.25) is 0 Å². The van der Waals surface area contributed by atoms with Crippen LogP contribution in [0.15, 0.2) is 18.2 Å². The molecule has 146 valence electrons. The molecule has 1 aliphatic rings. The number of thiazole rings is 1. The first-order chi connectivity index (χ1) is 13.0. The maximum atomic E-state index is 13.1. The van der Waals surface area contributed by atoms with Crippen LogP contribution in [0.1, 0.15) is 41.2 Å². The number of ether oxygens (including phenoxy) is 1. The first-order valence-electron chi connectivity index (χ1n) is 9.64. The van der Waals surface area contributed by atoms with Gasteiger partial charge in [-0.05, 0) is 45.5 Å². The fraction of sp³-hybridized carbons (Fsp3) is 0.524. The molecule has 0 bridgehead atoms. The van der Waals surface area contributed by atoms with Gasteiger partial charge in [0.25, 0.3) is 5.91 Å². The Labute approximate surface area is 166 Å². The van der Waals surface area contributed by atoms with Gasteiger partial charge < -0.3 is 9.64 Å². The topological polar surface area (TPSA) is 45.7 Å². The smallest absolute Gasteiger partial charge is 0.265 e. The third-order valence-corrected chi connectivity index (χ3v) is 6.53. The van der Waals surface area contributed by atoms with Crippen LogP contribution in [0.25, 0.3) is 10.6 Å². The molecular formula is C21H29N3O2S. The van der Waals surface area contributed by atoms with E-state index < -0.39 is 0 Å². The number of methoxy groups -OCH3 is 1. The molecule has 2 aromatic rings. The van der Waals surface area contributed by atoms with Crippen molar-refractivity contribution in [2.75, 3.05) is 33.3 Å². The molecule has 3 rings (SSSR count). The molecule has 0 aliphatic carbocycles. The molecule has 2 heterocycles. The summed E-state index contributed by atoms with van der Waals surface area (Å²) in [6.07, 6.45) is 1.05. The Morgan fingerprint density at radius 2 is 2.07 bits per heavy atom. The van der Waals surface area contributed by atoms with Crippen molar-refractivity contribution in [2.45, 2.75) is 40.2 Å². The van der Waals surface area contributed by atoms with Gasteiger partial charge in [0.15, 0.2) is 0 Å². The molecule has 0 saturated carbocycles. The van der Waals surface area contributed by atoms with Crippen molar-refractivity contribution in [3.8, 4) is 16.3 Å². The van der Waals surface area contributed by atoms with E-state index in [1.54, 1.807) is 7.11 Å². The highest BCUT2D eigenvalue weighted by atomic mass is 32.1. The van der Waals surface area contributed by atoms with Crippen molar-refractivity contribution in [1.82, 2.24) is 14.8 Å². The van der Waals surface area contributed by atoms with Crippen LogP contribution in [0.4, 0.5) is 0 Å². The number of carbonyl (C=O) groups is 1. The van der Waals surface area contributed by atoms with Crippen LogP contribution in [-0.2, 0) is 0 Å². The summed E-state index contributed by atoms with van der Waals surface area (Å²) >= 11 is 1.47. The van der Waals surface area contributed by atoms with Crippen molar-refractivity contribution < 1.29 is 9.53 Å². The average molecular weight is 388 g/mol. The Balaban J connectivity index is 1.83. The third-order valence-electron chi connectivity index (χ3n) is 5.36. The van der Waals surface area contributed by atoms with Gasteiger partial charge in [-0.1, -0.05) is 25.5 Å². The predicted octanol–water partition coefficient (Wildman–Crippen LogP) is 3.99. The summed E-state index contributed by atoms with van der Waals surface area (Å²) in [5.41, 5.74) is 2.90. The molecule has 1 aliphatic heterocycles. The van der Waals surface area contributed by atoms with E-state index >= 15 is 0 Å². The Bertz CT molecular complexity index is 814. The zero-order chi connectivity index (χ0) is 19.6. The van der Waals surface area contributed by atoms with Gasteiger partial charge in [-0.15, -0.1) is 11.3 Å². The second-order valence-electron chi connectivity index (χ2n) is 7.05. The fourth-order valence-electron chi connectivity index (χ4n) is 3.81. The lowest BCUT2D eigenvalue weighted by Gasteiger charge is -2.26. The van der Waals surface area contributed by atoms with Crippen molar-refractivity contribution in [1.29, 1.82) is 0 Å². The van der Waals surface area contributed by atoms with E-state index in [0.29, 0.717) is 6.04 Å². The maximum Gasteiger partial charge on any atom is 0.265 e. The third kappa shape index (κ3) is 4.01. The summed E-state index contributed by atoms with van der Waals surface area (Å²) < 4.78 is 5.50. The van der Waals surface area contributed by atoms with E-state index in [4.69, 9.17) is 9.72 Å². The molecule has 0 radical (unpaired) electrons. The molecule has 1 fully saturated rings. The molecule has 5 nitrogen and oxygen atoms in total. The van der Waals surface area contributed by atoms with Crippen LogP contribution in [-0.4, -0.2) is 60.0 Å². The van der Waals surface area contributed by atoms with Crippen LogP contribution >= 0.6 is 11.3 Å². The number of likely N-dealkylation sites (tertiary alicyclic amines) is 1. The number of aromatic nitrogens is 1. The molecule has 6 heteroatoms. The number of likely N-dealkylation sites (N-methyl/N-ethyl adjacent to an activating group) is 1. The average Bonchev–Trinajstić information content (AvgIpc) is 3.29. The normalized spacial score (nSPS) is 17.0. The summed E-state index contributed by atoms with van der Waals surface area (Å²) in [5.74, 6) is 0.897. The van der Waals surface area contributed by atoms with Crippen LogP contribution < -0.4 is 4.74 Å². The minimum atomic E-state index is 0.109. The first kappa shape index (κ1) is 19.8. The number of nitrogens with zero attached hydrogens (tertiary/aromatic N) is 3. The van der Waals surface area contributed by atoms with E-state index in [-0.39, 0.29) is 5.91 Å². The number of amides is 1. The highest BCUT2D eigenvalue weighted by molar-refractivity contribution is 7.17. The Morgan fingerprint density at radius 1 is 1.33 bits per heavy atom. The molecule has 1 atom stereocenters. The number of carbonyl (C=O) groups excluding carboxylic acids is 1. The SMILES string of the molecule is CCN(CC)C1CCN(C(=O)c2sc(-c3cc(C)ccc3OC)nc2C)C1. The number of benzene rings is 1. The molecule has 0 spiro atoms. The van der Waals surface area contributed by atoms with Gasteiger partial charge in [0, 0.05) is 19.1 Å². The second-order valence-corrected chi connectivity index (χ2v) is 8.05. The van der Waals surface area contributed by atoms with Crippen molar-refractivity contribution in [3.63, 3.8) is 0 Å². The van der Waals surface area contributed by atoms with Gasteiger partial charge in [-0.25, -0.2) is 4.98 Å². The lowest BCUT2D eigenvalue weighted by molar-refractivity contribution is 0.0782.